The van der Waals surface area contributed by atoms with Crippen LogP contribution in [0.1, 0.15) is 54.1 Å². The van der Waals surface area contributed by atoms with E-state index in [2.05, 4.69) is 9.97 Å². The number of nitrogens with zero attached hydrogens (tertiary/aromatic N) is 5. The van der Waals surface area contributed by atoms with E-state index in [0.717, 1.165) is 10.3 Å². The fourth-order valence-corrected chi connectivity index (χ4v) is 6.24. The van der Waals surface area contributed by atoms with Gasteiger partial charge in [0.25, 0.3) is 5.69 Å². The van der Waals surface area contributed by atoms with Crippen LogP contribution in [0.5, 0.6) is 0 Å². The summed E-state index contributed by atoms with van der Waals surface area (Å²) in [6.07, 6.45) is 7.43. The quantitative estimate of drug-likeness (QED) is 0.0721. The number of hydrogen-bond donors (Lipinski definition) is 4. The third kappa shape index (κ3) is 8.39. The molecule has 0 unspecified atom stereocenters. The van der Waals surface area contributed by atoms with Crippen LogP contribution in [0.4, 0.5) is 0 Å². The van der Waals surface area contributed by atoms with Crippen molar-refractivity contribution in [3.63, 3.8) is 0 Å². The number of fused-ring (bicyclic) bond motifs is 2. The van der Waals surface area contributed by atoms with Gasteiger partial charge in [-0.1, -0.05) is 24.3 Å². The van der Waals surface area contributed by atoms with Crippen LogP contribution in [0, 0.1) is 0 Å². The maximum Gasteiger partial charge on any atom is 0.488 e. The van der Waals surface area contributed by atoms with E-state index in [1.807, 2.05) is 24.3 Å². The summed E-state index contributed by atoms with van der Waals surface area (Å²) in [7, 11) is -1.64. The number of carbonyl (C=O) groups excluding carboxylic acids is 2. The lowest BCUT2D eigenvalue weighted by molar-refractivity contribution is -0.912. The average Bonchev–Trinajstić information content (AvgIpc) is 3.21. The van der Waals surface area contributed by atoms with Gasteiger partial charge in [-0.25, -0.2) is 19.6 Å². The highest BCUT2D eigenvalue weighted by Crippen LogP contribution is 2.25. The van der Waals surface area contributed by atoms with Crippen LogP contribution in [0.25, 0.3) is 44.6 Å². The Kier molecular flexibility index (Phi) is 11.9. The monoisotopic (exact) mass is 784 g/mol. The molecule has 0 radical (unpaired) electrons. The molecule has 7 rings (SSSR count). The number of ether oxygens (including phenoxy) is 2. The minimum Gasteiger partial charge on any atom is -0.462 e. The highest BCUT2D eigenvalue weighted by atomic mass is 16.5. The maximum atomic E-state index is 12.9. The van der Waals surface area contributed by atoms with Gasteiger partial charge in [-0.3, -0.25) is 14.8 Å². The van der Waals surface area contributed by atoms with Gasteiger partial charge in [-0.2, -0.15) is 0 Å². The molecule has 0 aliphatic rings. The van der Waals surface area contributed by atoms with Crippen LogP contribution in [-0.4, -0.2) is 71.7 Å². The number of rotatable bonds is 9. The third-order valence-corrected chi connectivity index (χ3v) is 8.98. The number of carbonyl (C=O) groups is 2. The first-order valence-corrected chi connectivity index (χ1v) is 18.1. The van der Waals surface area contributed by atoms with Crippen molar-refractivity contribution in [3.05, 3.63) is 153 Å². The molecule has 5 heterocycles. The molecule has 15 nitrogen and oxygen atoms in total. The standard InChI is InChI=1S/C25H24N3O5.C17H15BN2O5/c1-4-33-24(30)20-15-27(23-19(22(20)29)9-6-12-26-23)18-8-5-7-16(13-18)17-10-11-21(25(2,3)31)28(32)14-17;1-2-25-17(22)14-10-20(12-6-3-5-11(9-12)18(23)24)16-13(15(14)21)7-4-8-19-16/h5-15,31-32H,4H2,1-3H3;3-10,23-24H,2H2,1H3/q+1;. The summed E-state index contributed by atoms with van der Waals surface area (Å²) >= 11 is 0. The van der Waals surface area contributed by atoms with Gasteiger partial charge in [0.15, 0.2) is 0 Å². The van der Waals surface area contributed by atoms with Gasteiger partial charge in [-0.05, 0) is 93.3 Å². The number of benzene rings is 2. The summed E-state index contributed by atoms with van der Waals surface area (Å²) in [5, 5.41) is 39.9. The van der Waals surface area contributed by atoms with Crippen molar-refractivity contribution in [2.24, 2.45) is 0 Å². The molecule has 0 amide bonds. The Morgan fingerprint density at radius 3 is 1.72 bits per heavy atom. The molecule has 0 aliphatic heterocycles. The van der Waals surface area contributed by atoms with E-state index in [9.17, 15) is 39.5 Å². The first-order chi connectivity index (χ1) is 27.7. The third-order valence-electron chi connectivity index (χ3n) is 8.98. The fraction of sp³-hybridized carbons (Fsp3) is 0.167. The van der Waals surface area contributed by atoms with Crippen molar-refractivity contribution < 1.29 is 44.2 Å². The van der Waals surface area contributed by atoms with E-state index in [1.54, 1.807) is 97.6 Å². The zero-order valence-corrected chi connectivity index (χ0v) is 31.9. The first kappa shape index (κ1) is 40.7. The number of hydrogen-bond acceptors (Lipinski definition) is 12. The molecule has 0 saturated carbocycles. The molecule has 0 spiro atoms. The smallest absolute Gasteiger partial charge is 0.462 e. The van der Waals surface area contributed by atoms with Gasteiger partial charge in [0.05, 0.1) is 29.5 Å². The van der Waals surface area contributed by atoms with E-state index >= 15 is 0 Å². The lowest BCUT2D eigenvalue weighted by Crippen LogP contribution is -2.41. The summed E-state index contributed by atoms with van der Waals surface area (Å²) in [6.45, 7) is 6.82. The molecule has 5 aromatic heterocycles. The molecule has 0 fully saturated rings. The van der Waals surface area contributed by atoms with Gasteiger partial charge in [0.2, 0.25) is 17.1 Å². The number of aliphatic hydroxyl groups is 1. The number of aromatic nitrogens is 5. The largest absolute Gasteiger partial charge is 0.488 e. The van der Waals surface area contributed by atoms with Crippen LogP contribution in [-0.2, 0) is 15.1 Å². The van der Waals surface area contributed by atoms with Gasteiger partial charge in [-0.15, -0.1) is 0 Å². The molecule has 0 bridgehead atoms. The Bertz CT molecular complexity index is 2800. The van der Waals surface area contributed by atoms with Crippen molar-refractivity contribution in [1.82, 2.24) is 19.1 Å². The summed E-state index contributed by atoms with van der Waals surface area (Å²) < 4.78 is 14.1. The Balaban J connectivity index is 0.000000203. The molecule has 0 aliphatic carbocycles. The zero-order chi connectivity index (χ0) is 41.7. The van der Waals surface area contributed by atoms with Crippen molar-refractivity contribution >= 4 is 46.6 Å². The average molecular weight is 785 g/mol. The van der Waals surface area contributed by atoms with E-state index in [1.165, 1.54) is 30.9 Å². The van der Waals surface area contributed by atoms with Gasteiger partial charge in [0, 0.05) is 47.0 Å². The second-order valence-corrected chi connectivity index (χ2v) is 13.4. The highest BCUT2D eigenvalue weighted by Gasteiger charge is 2.29. The fourth-order valence-electron chi connectivity index (χ4n) is 6.24. The van der Waals surface area contributed by atoms with Gasteiger partial charge < -0.3 is 33.8 Å². The number of pyridine rings is 5. The summed E-state index contributed by atoms with van der Waals surface area (Å²) in [5.74, 6) is -1.41. The molecule has 7 aromatic rings. The van der Waals surface area contributed by atoms with Crippen molar-refractivity contribution in [3.8, 4) is 22.5 Å². The molecule has 16 heteroatoms. The Morgan fingerprint density at radius 1 is 0.724 bits per heavy atom. The van der Waals surface area contributed by atoms with Crippen LogP contribution in [0.3, 0.4) is 0 Å². The van der Waals surface area contributed by atoms with E-state index < -0.39 is 35.5 Å². The maximum absolute atomic E-state index is 12.9. The Morgan fingerprint density at radius 2 is 1.24 bits per heavy atom. The summed E-state index contributed by atoms with van der Waals surface area (Å²) in [6, 6.07) is 23.7. The van der Waals surface area contributed by atoms with Crippen LogP contribution in [0.15, 0.2) is 126 Å². The summed E-state index contributed by atoms with van der Waals surface area (Å²) in [5.41, 5.74) is 1.75. The topological polar surface area (TPSA) is 207 Å². The molecule has 294 valence electrons. The molecule has 0 atom stereocenters. The Hall–Kier alpha value is -7.01. The highest BCUT2D eigenvalue weighted by molar-refractivity contribution is 6.58. The first-order valence-electron chi connectivity index (χ1n) is 18.1. The normalized spacial score (nSPS) is 11.2. The van der Waals surface area contributed by atoms with Crippen molar-refractivity contribution in [2.75, 3.05) is 13.2 Å². The lowest BCUT2D eigenvalue weighted by atomic mass is 9.80. The predicted octanol–water partition coefficient (Wildman–Crippen LogP) is 3.22. The molecule has 0 saturated heterocycles. The van der Waals surface area contributed by atoms with Crippen LogP contribution in [0.2, 0.25) is 0 Å². The van der Waals surface area contributed by atoms with E-state index in [-0.39, 0.29) is 35.2 Å². The zero-order valence-electron chi connectivity index (χ0n) is 31.9. The molecule has 58 heavy (non-hydrogen) atoms. The predicted molar refractivity (Wildman–Crippen MR) is 214 cm³/mol. The molecular weight excluding hydrogens is 745 g/mol. The lowest BCUT2D eigenvalue weighted by Gasteiger charge is -2.14. The molecular formula is C42H39BN5O10+. The second kappa shape index (κ2) is 17.0. The minimum atomic E-state index is -1.64. The van der Waals surface area contributed by atoms with Crippen molar-refractivity contribution in [1.29, 1.82) is 0 Å². The van der Waals surface area contributed by atoms with E-state index in [0.29, 0.717) is 39.3 Å². The van der Waals surface area contributed by atoms with Crippen LogP contribution < -0.4 is 21.1 Å². The Labute approximate surface area is 331 Å². The molecule has 2 aromatic carbocycles. The summed E-state index contributed by atoms with van der Waals surface area (Å²) in [4.78, 5) is 58.6. The molecule has 4 N–H and O–H groups in total. The SMILES string of the molecule is CCOC(=O)c1cn(-c2cccc(-c3ccc(C(C)(C)O)[n+](O)c3)c2)c2ncccc2c1=O.CCOC(=O)c1cn(-c2cccc(B(O)O)c2)c2ncccc2c1=O. The number of esters is 2. The van der Waals surface area contributed by atoms with Gasteiger partial charge >= 0.3 is 19.1 Å². The second-order valence-electron chi connectivity index (χ2n) is 13.4. The minimum absolute atomic E-state index is 0.0783. The van der Waals surface area contributed by atoms with Crippen LogP contribution >= 0.6 is 0 Å². The van der Waals surface area contributed by atoms with E-state index in [4.69, 9.17) is 9.47 Å². The van der Waals surface area contributed by atoms with Crippen molar-refractivity contribution in [2.45, 2.75) is 33.3 Å². The van der Waals surface area contributed by atoms with Gasteiger partial charge in [0.1, 0.15) is 28.0 Å².